The van der Waals surface area contributed by atoms with E-state index in [2.05, 4.69) is 18.3 Å². The van der Waals surface area contributed by atoms with Crippen molar-refractivity contribution in [2.45, 2.75) is 0 Å². The molecule has 0 atom stereocenters. The molecule has 0 aromatic carbocycles. The van der Waals surface area contributed by atoms with Crippen molar-refractivity contribution < 1.29 is 4.79 Å². The Morgan fingerprint density at radius 1 is 1.58 bits per heavy atom. The van der Waals surface area contributed by atoms with Crippen LogP contribution in [0.2, 0.25) is 0 Å². The Labute approximate surface area is 71.0 Å². The van der Waals surface area contributed by atoms with Crippen molar-refractivity contribution in [2.24, 2.45) is 4.99 Å². The van der Waals surface area contributed by atoms with Gasteiger partial charge in [-0.1, -0.05) is 12.7 Å². The quantitative estimate of drug-likeness (QED) is 0.205. The molecule has 0 saturated carbocycles. The van der Waals surface area contributed by atoms with Crippen molar-refractivity contribution in [3.8, 4) is 6.07 Å². The summed E-state index contributed by atoms with van der Waals surface area (Å²) in [6.07, 6.45) is 4.85. The number of carbonyl (C=O) groups excluding carboxylic acids is 1. The molecule has 0 aromatic rings. The van der Waals surface area contributed by atoms with Crippen molar-refractivity contribution in [1.82, 2.24) is 0 Å². The van der Waals surface area contributed by atoms with Gasteiger partial charge < -0.3 is 0 Å². The molecule has 0 amide bonds. The van der Waals surface area contributed by atoms with E-state index in [9.17, 15) is 4.79 Å². The molecule has 0 heterocycles. The van der Waals surface area contributed by atoms with Crippen LogP contribution in [0.3, 0.4) is 0 Å². The van der Waals surface area contributed by atoms with Crippen LogP contribution in [0.25, 0.3) is 0 Å². The predicted molar refractivity (Wildman–Crippen MR) is 47.6 cm³/mol. The topological polar surface area (TPSA) is 53.2 Å². The second-order valence-corrected chi connectivity index (χ2v) is 1.81. The lowest BCUT2D eigenvalue weighted by Crippen LogP contribution is -1.80. The summed E-state index contributed by atoms with van der Waals surface area (Å²) in [5.74, 6) is 0. The zero-order valence-electron chi connectivity index (χ0n) is 6.53. The number of rotatable bonds is 4. The summed E-state index contributed by atoms with van der Waals surface area (Å²) >= 11 is 0. The molecule has 0 spiro atoms. The summed E-state index contributed by atoms with van der Waals surface area (Å²) in [4.78, 5) is 13.8. The van der Waals surface area contributed by atoms with E-state index in [1.54, 1.807) is 12.1 Å². The lowest BCUT2D eigenvalue weighted by atomic mass is 10.2. The van der Waals surface area contributed by atoms with Gasteiger partial charge in [0.2, 0.25) is 0 Å². The molecule has 0 saturated heterocycles. The van der Waals surface area contributed by atoms with Crippen LogP contribution in [0.4, 0.5) is 0 Å². The van der Waals surface area contributed by atoms with E-state index in [0.717, 1.165) is 0 Å². The smallest absolute Gasteiger partial charge is 0.160 e. The first-order chi connectivity index (χ1) is 5.78. The van der Waals surface area contributed by atoms with E-state index in [4.69, 9.17) is 5.26 Å². The Hall–Kier alpha value is -1.95. The number of carbonyl (C=O) groups is 1. The van der Waals surface area contributed by atoms with E-state index in [0.29, 0.717) is 12.0 Å². The zero-order valence-corrected chi connectivity index (χ0v) is 6.53. The lowest BCUT2D eigenvalue weighted by molar-refractivity contribution is -0.104. The summed E-state index contributed by atoms with van der Waals surface area (Å²) in [5, 5.41) is 8.37. The van der Waals surface area contributed by atoms with Crippen LogP contribution >= 0.6 is 0 Å². The number of aliphatic imine (C=N–C) groups is 1. The molecule has 0 fully saturated rings. The maximum absolute atomic E-state index is 10.2. The Kier molecular flexibility index (Phi) is 4.86. The highest BCUT2D eigenvalue weighted by Gasteiger charge is 1.92. The van der Waals surface area contributed by atoms with Crippen LogP contribution in [0.15, 0.2) is 41.1 Å². The molecule has 0 aliphatic carbocycles. The van der Waals surface area contributed by atoms with Gasteiger partial charge in [0, 0.05) is 0 Å². The van der Waals surface area contributed by atoms with Gasteiger partial charge in [-0.3, -0.25) is 9.79 Å². The van der Waals surface area contributed by atoms with Crippen LogP contribution in [0.1, 0.15) is 0 Å². The van der Waals surface area contributed by atoms with Crippen LogP contribution in [-0.4, -0.2) is 13.0 Å². The molecule has 12 heavy (non-hydrogen) atoms. The normalized spacial score (nSPS) is 11.6. The average molecular weight is 160 g/mol. The van der Waals surface area contributed by atoms with Gasteiger partial charge in [0.25, 0.3) is 0 Å². The number of aldehydes is 1. The summed E-state index contributed by atoms with van der Waals surface area (Å²) in [6.45, 7) is 6.71. The van der Waals surface area contributed by atoms with E-state index in [1.165, 1.54) is 12.2 Å². The molecule has 0 aromatic heterocycles. The summed E-state index contributed by atoms with van der Waals surface area (Å²) in [6, 6.07) is 1.71. The molecule has 0 rings (SSSR count). The fraction of sp³-hybridized carbons (Fsp3) is 0. The van der Waals surface area contributed by atoms with E-state index in [1.807, 2.05) is 0 Å². The summed E-state index contributed by atoms with van der Waals surface area (Å²) in [7, 11) is 0. The van der Waals surface area contributed by atoms with Crippen molar-refractivity contribution in [3.05, 3.63) is 36.1 Å². The maximum Gasteiger partial charge on any atom is 0.160 e. The van der Waals surface area contributed by atoms with Crippen LogP contribution in [0, 0.1) is 11.3 Å². The minimum absolute atomic E-state index is 0.00972. The van der Waals surface area contributed by atoms with Crippen LogP contribution in [0.5, 0.6) is 0 Å². The number of nitrogens with zero attached hydrogens (tertiary/aromatic N) is 2. The molecule has 0 unspecified atom stereocenters. The Balaban J connectivity index is 4.80. The molecule has 0 aliphatic heterocycles. The first-order valence-electron chi connectivity index (χ1n) is 3.15. The molecular weight excluding hydrogens is 152 g/mol. The van der Waals surface area contributed by atoms with Crippen molar-refractivity contribution >= 4 is 13.0 Å². The second-order valence-electron chi connectivity index (χ2n) is 1.81. The van der Waals surface area contributed by atoms with Gasteiger partial charge >= 0.3 is 0 Å². The molecule has 3 heteroatoms. The Morgan fingerprint density at radius 2 is 2.25 bits per heavy atom. The standard InChI is InChI=1S/C9H8N2O/c1-3-4-9(11-2)5-8(6-10)7-12/h3-5,7H,1-2H2/b8-5+,9-4-. The molecule has 60 valence electrons. The minimum Gasteiger partial charge on any atom is -0.297 e. The van der Waals surface area contributed by atoms with E-state index >= 15 is 0 Å². The van der Waals surface area contributed by atoms with Gasteiger partial charge in [0.15, 0.2) is 6.29 Å². The molecule has 0 radical (unpaired) electrons. The zero-order chi connectivity index (χ0) is 9.40. The van der Waals surface area contributed by atoms with Gasteiger partial charge in [0.05, 0.1) is 11.3 Å². The summed E-state index contributed by atoms with van der Waals surface area (Å²) < 4.78 is 0. The molecule has 0 N–H and O–H groups in total. The fourth-order valence-electron chi connectivity index (χ4n) is 0.519. The number of allylic oxidation sites excluding steroid dienone is 4. The third-order valence-corrected chi connectivity index (χ3v) is 1.03. The van der Waals surface area contributed by atoms with Crippen LogP contribution in [-0.2, 0) is 4.79 Å². The molecule has 0 bridgehead atoms. The monoisotopic (exact) mass is 160 g/mol. The Bertz CT molecular complexity index is 292. The first-order valence-corrected chi connectivity index (χ1v) is 3.15. The third-order valence-electron chi connectivity index (χ3n) is 1.03. The number of hydrogen-bond donors (Lipinski definition) is 0. The van der Waals surface area contributed by atoms with Gasteiger partial charge in [-0.25, -0.2) is 0 Å². The van der Waals surface area contributed by atoms with Gasteiger partial charge in [-0.05, 0) is 18.9 Å². The maximum atomic E-state index is 10.2. The molecular formula is C9H8N2O. The van der Waals surface area contributed by atoms with E-state index < -0.39 is 0 Å². The molecule has 0 aliphatic rings. The average Bonchev–Trinajstić information content (AvgIpc) is 2.12. The summed E-state index contributed by atoms with van der Waals surface area (Å²) in [5.41, 5.74) is 0.448. The Morgan fingerprint density at radius 3 is 2.58 bits per heavy atom. The second kappa shape index (κ2) is 5.81. The largest absolute Gasteiger partial charge is 0.297 e. The predicted octanol–water partition coefficient (Wildman–Crippen LogP) is 1.41. The van der Waals surface area contributed by atoms with Crippen molar-refractivity contribution in [2.75, 3.05) is 0 Å². The first kappa shape index (κ1) is 10.0. The van der Waals surface area contributed by atoms with Gasteiger partial charge in [0.1, 0.15) is 6.07 Å². The molecule has 3 nitrogen and oxygen atoms in total. The lowest BCUT2D eigenvalue weighted by Gasteiger charge is -1.88. The van der Waals surface area contributed by atoms with Gasteiger partial charge in [-0.15, -0.1) is 0 Å². The van der Waals surface area contributed by atoms with Crippen LogP contribution < -0.4 is 0 Å². The fourth-order valence-corrected chi connectivity index (χ4v) is 0.519. The highest BCUT2D eigenvalue weighted by atomic mass is 16.1. The third kappa shape index (κ3) is 3.28. The van der Waals surface area contributed by atoms with E-state index in [-0.39, 0.29) is 5.57 Å². The van der Waals surface area contributed by atoms with Gasteiger partial charge in [-0.2, -0.15) is 5.26 Å². The van der Waals surface area contributed by atoms with Crippen molar-refractivity contribution in [3.63, 3.8) is 0 Å². The number of hydrogen-bond acceptors (Lipinski definition) is 3. The minimum atomic E-state index is 0.00972. The highest BCUT2D eigenvalue weighted by molar-refractivity contribution is 5.79. The number of nitriles is 1. The van der Waals surface area contributed by atoms with Crippen molar-refractivity contribution in [1.29, 1.82) is 5.26 Å². The highest BCUT2D eigenvalue weighted by Crippen LogP contribution is 2.01. The SMILES string of the molecule is C=C/C=C(/C=C(\C#N)C=O)N=C.